The van der Waals surface area contributed by atoms with E-state index in [-0.39, 0.29) is 12.8 Å². The predicted molar refractivity (Wildman–Crippen MR) is 90.2 cm³/mol. The van der Waals surface area contributed by atoms with Crippen molar-refractivity contribution in [2.45, 2.75) is 38.8 Å². The third kappa shape index (κ3) is 3.80. The molecule has 0 N–H and O–H groups in total. The Hall–Kier alpha value is 0.649. The van der Waals surface area contributed by atoms with Crippen LogP contribution in [0, 0.1) is 5.92 Å². The quantitative estimate of drug-likeness (QED) is 0.485. The van der Waals surface area contributed by atoms with E-state index in [9.17, 15) is 0 Å². The monoisotopic (exact) mass is 208 g/mol. The summed E-state index contributed by atoms with van der Waals surface area (Å²) in [6, 6.07) is 0. The van der Waals surface area contributed by atoms with Crippen molar-refractivity contribution in [2.24, 2.45) is 5.92 Å². The number of rotatable bonds is 6. The topological polar surface area (TPSA) is 0 Å². The molecule has 0 amide bonds. The van der Waals surface area contributed by atoms with Crippen molar-refractivity contribution in [1.29, 1.82) is 0 Å². The summed E-state index contributed by atoms with van der Waals surface area (Å²) in [7, 11) is 29.1. The molecule has 0 aliphatic carbocycles. The van der Waals surface area contributed by atoms with Gasteiger partial charge < -0.3 is 0 Å². The van der Waals surface area contributed by atoms with Crippen LogP contribution in [0.3, 0.4) is 0 Å². The van der Waals surface area contributed by atoms with Crippen LogP contribution in [0.5, 0.6) is 0 Å². The molecule has 2 atom stereocenters. The number of hydrogen-bond donors (Lipinski definition) is 0. The molecule has 10 heteroatoms. The molecule has 0 bridgehead atoms. The van der Waals surface area contributed by atoms with Gasteiger partial charge in [-0.1, -0.05) is 38.8 Å². The Balaban J connectivity index is 2.68. The maximum Gasteiger partial charge on any atom is 0.0965 e. The van der Waals surface area contributed by atoms with Gasteiger partial charge in [0.2, 0.25) is 0 Å². The molecule has 0 aromatic rings. The molecule has 17 heavy (non-hydrogen) atoms. The van der Waals surface area contributed by atoms with E-state index < -0.39 is 12.8 Å². The van der Waals surface area contributed by atoms with Crippen molar-refractivity contribution in [3.05, 3.63) is 0 Å². The fraction of sp³-hybridized carbons (Fsp3) is 1.00. The Labute approximate surface area is 116 Å². The summed E-state index contributed by atoms with van der Waals surface area (Å²) in [6.45, 7) is 7.17. The smallest absolute Gasteiger partial charge is 0.0771 e. The summed E-state index contributed by atoms with van der Waals surface area (Å²) in [5, 5.41) is 0. The fourth-order valence-corrected chi connectivity index (χ4v) is 3.16. The largest absolute Gasteiger partial charge is 0.0965 e. The minimum atomic E-state index is -0.554. The highest BCUT2D eigenvalue weighted by Crippen LogP contribution is 2.54. The van der Waals surface area contributed by atoms with Gasteiger partial charge in [0.05, 0.1) is 6.60 Å². The van der Waals surface area contributed by atoms with E-state index in [1.165, 1.54) is 6.42 Å². The summed E-state index contributed by atoms with van der Waals surface area (Å²) < 4.78 is 0. The zero-order chi connectivity index (χ0) is 13.3. The van der Waals surface area contributed by atoms with E-state index in [0.717, 1.165) is 0 Å². The van der Waals surface area contributed by atoms with Crippen LogP contribution in [-0.4, -0.2) is 70.8 Å². The minimum absolute atomic E-state index is 0.0220. The lowest BCUT2D eigenvalue weighted by Crippen LogP contribution is -2.63. The van der Waals surface area contributed by atoms with E-state index in [4.69, 9.17) is 38.7 Å². The first-order valence-electron chi connectivity index (χ1n) is 6.55. The van der Waals surface area contributed by atoms with E-state index in [0.29, 0.717) is 24.2 Å². The summed E-state index contributed by atoms with van der Waals surface area (Å²) >= 11 is 0. The molecule has 10 radical (unpaired) electrons. The summed E-state index contributed by atoms with van der Waals surface area (Å²) in [4.78, 5) is 0. The highest BCUT2D eigenvalue weighted by molar-refractivity contribution is 8.01. The highest BCUT2D eigenvalue weighted by atomic mass is 14.2. The SMILES string of the molecule is [B]B([B])B([B])B(B([B])[B])B1C(C)C1CC(C)C. The third-order valence-corrected chi connectivity index (χ3v) is 4.16. The second-order valence-electron chi connectivity index (χ2n) is 6.04. The molecule has 1 aliphatic rings. The zero-order valence-electron chi connectivity index (χ0n) is 11.2. The van der Waals surface area contributed by atoms with Gasteiger partial charge in [-0.25, -0.2) is 0 Å². The Morgan fingerprint density at radius 3 is 1.94 bits per heavy atom. The second-order valence-corrected chi connectivity index (χ2v) is 6.04. The van der Waals surface area contributed by atoms with Crippen molar-refractivity contribution in [3.8, 4) is 0 Å². The van der Waals surface area contributed by atoms with Gasteiger partial charge in [-0.3, -0.25) is 0 Å². The van der Waals surface area contributed by atoms with Crippen LogP contribution in [-0.2, 0) is 0 Å². The van der Waals surface area contributed by atoms with Gasteiger partial charge in [0.25, 0.3) is 0 Å². The molecule has 72 valence electrons. The van der Waals surface area contributed by atoms with Crippen LogP contribution in [0.25, 0.3) is 0 Å². The molecule has 0 spiro atoms. The Kier molecular flexibility index (Phi) is 5.73. The van der Waals surface area contributed by atoms with Crippen LogP contribution in [0.2, 0.25) is 11.6 Å². The molecule has 1 aliphatic heterocycles. The summed E-state index contributed by atoms with van der Waals surface area (Å²) in [5.74, 6) is 1.98. The maximum absolute atomic E-state index is 6.05. The van der Waals surface area contributed by atoms with Crippen molar-refractivity contribution in [2.75, 3.05) is 0 Å². The molecule has 0 nitrogen and oxygen atoms in total. The van der Waals surface area contributed by atoms with Gasteiger partial charge in [0, 0.05) is 64.2 Å². The Morgan fingerprint density at radius 1 is 1.06 bits per heavy atom. The van der Waals surface area contributed by atoms with Gasteiger partial charge in [-0.05, 0) is 5.92 Å². The second kappa shape index (κ2) is 6.20. The molecule has 1 fully saturated rings. The lowest BCUT2D eigenvalue weighted by molar-refractivity contribution is 0.582. The van der Waals surface area contributed by atoms with Crippen LogP contribution < -0.4 is 0 Å². The molecule has 0 saturated carbocycles. The van der Waals surface area contributed by atoms with Crippen LogP contribution in [0.15, 0.2) is 0 Å². The van der Waals surface area contributed by atoms with Crippen molar-refractivity contribution >= 4 is 70.8 Å². The lowest BCUT2D eigenvalue weighted by atomic mass is 8.57. The first kappa shape index (κ1) is 15.7. The lowest BCUT2D eigenvalue weighted by Gasteiger charge is -2.26. The van der Waals surface area contributed by atoms with Gasteiger partial charge >= 0.3 is 0 Å². The van der Waals surface area contributed by atoms with Crippen molar-refractivity contribution in [1.82, 2.24) is 0 Å². The molecular formula is C7H14B10. The first-order valence-corrected chi connectivity index (χ1v) is 6.55. The predicted octanol–water partition coefficient (Wildman–Crippen LogP) is -1.08. The Bertz CT molecular complexity index is 243. The number of hydrogen-bond acceptors (Lipinski definition) is 0. The molecular weight excluding hydrogens is 192 g/mol. The Morgan fingerprint density at radius 2 is 1.59 bits per heavy atom. The van der Waals surface area contributed by atoms with Gasteiger partial charge in [0.1, 0.15) is 0 Å². The van der Waals surface area contributed by atoms with Crippen LogP contribution in [0.4, 0.5) is 0 Å². The van der Waals surface area contributed by atoms with Crippen LogP contribution >= 0.6 is 0 Å². The standard InChI is InChI=1S/C7H14B10/c1-5(2)4-7-6(3)13(7)17(15(10)11)16(12)14(8)9/h5-7H,4H2,1-3H3. The maximum atomic E-state index is 6.05. The molecule has 1 rings (SSSR count). The summed E-state index contributed by atoms with van der Waals surface area (Å²) in [5.41, 5.74) is 0. The van der Waals surface area contributed by atoms with Crippen LogP contribution in [0.1, 0.15) is 27.2 Å². The average molecular weight is 206 g/mol. The molecule has 0 aromatic heterocycles. The third-order valence-electron chi connectivity index (χ3n) is 4.16. The fourth-order valence-electron chi connectivity index (χ4n) is 3.16. The first-order chi connectivity index (χ1) is 7.77. The summed E-state index contributed by atoms with van der Waals surface area (Å²) in [6.07, 6.45) is -0.0960. The molecule has 1 saturated heterocycles. The van der Waals surface area contributed by atoms with Crippen molar-refractivity contribution in [3.63, 3.8) is 0 Å². The van der Waals surface area contributed by atoms with Gasteiger partial charge in [0.15, 0.2) is 0 Å². The van der Waals surface area contributed by atoms with E-state index in [1.54, 1.807) is 0 Å². The highest BCUT2D eigenvalue weighted by Gasteiger charge is 2.55. The van der Waals surface area contributed by atoms with E-state index >= 15 is 0 Å². The van der Waals surface area contributed by atoms with Gasteiger partial charge in [-0.2, -0.15) is 0 Å². The zero-order valence-corrected chi connectivity index (χ0v) is 11.2. The minimum Gasteiger partial charge on any atom is -0.0771 e. The van der Waals surface area contributed by atoms with Gasteiger partial charge in [-0.15, -0.1) is 0 Å². The normalized spacial score (nSPS) is 22.5. The average Bonchev–Trinajstić information content (AvgIpc) is 2.76. The molecule has 1 heterocycles. The molecule has 2 unspecified atom stereocenters. The van der Waals surface area contributed by atoms with Crippen molar-refractivity contribution < 1.29 is 0 Å². The van der Waals surface area contributed by atoms with E-state index in [1.807, 2.05) is 0 Å². The molecule has 0 aromatic carbocycles. The van der Waals surface area contributed by atoms with E-state index in [2.05, 4.69) is 20.8 Å².